The number of carbonyl (C=O) groups is 1. The maximum atomic E-state index is 11.6. The minimum absolute atomic E-state index is 0.171. The molecule has 0 aromatic rings. The third kappa shape index (κ3) is 11.0. The summed E-state index contributed by atoms with van der Waals surface area (Å²) in [6.07, 6.45) is 10.0. The van der Waals surface area contributed by atoms with Crippen LogP contribution in [0, 0.1) is 0 Å². The quantitative estimate of drug-likeness (QED) is 0.294. The number of carbonyl (C=O) groups excluding carboxylic acids is 1. The van der Waals surface area contributed by atoms with Crippen molar-refractivity contribution < 1.29 is 4.79 Å². The predicted molar refractivity (Wildman–Crippen MR) is 97.7 cm³/mol. The van der Waals surface area contributed by atoms with Gasteiger partial charge in [0.2, 0.25) is 5.91 Å². The summed E-state index contributed by atoms with van der Waals surface area (Å²) in [5, 5.41) is 9.76. The lowest BCUT2D eigenvalue weighted by Crippen LogP contribution is -2.42. The summed E-state index contributed by atoms with van der Waals surface area (Å²) in [4.78, 5) is 16.2. The number of rotatable bonds is 12. The average molecular weight is 325 g/mol. The zero-order valence-corrected chi connectivity index (χ0v) is 15.3. The van der Waals surface area contributed by atoms with E-state index in [0.717, 1.165) is 31.8 Å². The van der Waals surface area contributed by atoms with E-state index in [1.807, 2.05) is 0 Å². The van der Waals surface area contributed by atoms with Gasteiger partial charge in [-0.2, -0.15) is 0 Å². The number of nitrogens with zero attached hydrogens (tertiary/aromatic N) is 1. The van der Waals surface area contributed by atoms with Crippen LogP contribution in [0.1, 0.15) is 78.6 Å². The Bertz CT molecular complexity index is 353. The maximum Gasteiger partial charge on any atom is 0.220 e. The van der Waals surface area contributed by atoms with E-state index >= 15 is 0 Å². The van der Waals surface area contributed by atoms with E-state index in [1.165, 1.54) is 32.1 Å². The van der Waals surface area contributed by atoms with Crippen molar-refractivity contribution in [1.29, 1.82) is 0 Å². The van der Waals surface area contributed by atoms with Crippen molar-refractivity contribution in [3.63, 3.8) is 0 Å². The molecule has 23 heavy (non-hydrogen) atoms. The molecule has 0 aliphatic heterocycles. The third-order valence-electron chi connectivity index (χ3n) is 3.99. The van der Waals surface area contributed by atoms with Gasteiger partial charge in [0.1, 0.15) is 0 Å². The van der Waals surface area contributed by atoms with Gasteiger partial charge in [-0.25, -0.2) is 0 Å². The first-order chi connectivity index (χ1) is 11.2. The van der Waals surface area contributed by atoms with Gasteiger partial charge in [0.25, 0.3) is 0 Å². The number of unbranched alkanes of at least 4 members (excludes halogenated alkanes) is 3. The lowest BCUT2D eigenvalue weighted by molar-refractivity contribution is -0.121. The van der Waals surface area contributed by atoms with Crippen LogP contribution in [-0.2, 0) is 4.79 Å². The van der Waals surface area contributed by atoms with Crippen molar-refractivity contribution in [1.82, 2.24) is 16.0 Å². The molecule has 0 aromatic heterocycles. The molecule has 1 unspecified atom stereocenters. The number of guanidine groups is 1. The molecule has 0 radical (unpaired) electrons. The van der Waals surface area contributed by atoms with Gasteiger partial charge >= 0.3 is 0 Å². The molecule has 0 saturated heterocycles. The molecule has 1 aliphatic rings. The summed E-state index contributed by atoms with van der Waals surface area (Å²) in [5.41, 5.74) is 0. The molecule has 0 spiro atoms. The van der Waals surface area contributed by atoms with Gasteiger partial charge < -0.3 is 16.0 Å². The van der Waals surface area contributed by atoms with Crippen LogP contribution in [0.5, 0.6) is 0 Å². The van der Waals surface area contributed by atoms with E-state index < -0.39 is 0 Å². The summed E-state index contributed by atoms with van der Waals surface area (Å²) in [7, 11) is 0. The molecular weight excluding hydrogens is 288 g/mol. The lowest BCUT2D eigenvalue weighted by atomic mass is 10.1. The highest BCUT2D eigenvalue weighted by Gasteiger charge is 2.22. The molecule has 1 amide bonds. The van der Waals surface area contributed by atoms with Gasteiger partial charge in [0, 0.05) is 31.6 Å². The highest BCUT2D eigenvalue weighted by atomic mass is 16.1. The minimum Gasteiger partial charge on any atom is -0.357 e. The highest BCUT2D eigenvalue weighted by Crippen LogP contribution is 2.18. The molecule has 0 heterocycles. The number of amides is 1. The van der Waals surface area contributed by atoms with Crippen LogP contribution in [0.3, 0.4) is 0 Å². The molecule has 134 valence electrons. The van der Waals surface area contributed by atoms with Crippen LogP contribution < -0.4 is 16.0 Å². The molecule has 0 bridgehead atoms. The Morgan fingerprint density at radius 3 is 2.61 bits per heavy atom. The van der Waals surface area contributed by atoms with Gasteiger partial charge in [-0.3, -0.25) is 9.79 Å². The smallest absolute Gasteiger partial charge is 0.220 e. The number of aliphatic imine (C=N–C) groups is 1. The maximum absolute atomic E-state index is 11.6. The van der Waals surface area contributed by atoms with E-state index in [1.54, 1.807) is 0 Å². The Morgan fingerprint density at radius 1 is 1.17 bits per heavy atom. The fourth-order valence-corrected chi connectivity index (χ4v) is 2.46. The van der Waals surface area contributed by atoms with Crippen LogP contribution in [-0.4, -0.2) is 37.0 Å². The van der Waals surface area contributed by atoms with Gasteiger partial charge in [-0.05, 0) is 39.5 Å². The van der Waals surface area contributed by atoms with Crippen LogP contribution in [0.15, 0.2) is 4.99 Å². The van der Waals surface area contributed by atoms with Crippen LogP contribution in [0.4, 0.5) is 0 Å². The molecule has 1 saturated carbocycles. The lowest BCUT2D eigenvalue weighted by Gasteiger charge is -2.17. The van der Waals surface area contributed by atoms with Crippen molar-refractivity contribution in [3.05, 3.63) is 0 Å². The Hall–Kier alpha value is -1.26. The van der Waals surface area contributed by atoms with Crippen molar-refractivity contribution in [2.75, 3.05) is 13.1 Å². The van der Waals surface area contributed by atoms with Gasteiger partial charge in [0.05, 0.1) is 0 Å². The van der Waals surface area contributed by atoms with E-state index in [2.05, 4.69) is 41.7 Å². The van der Waals surface area contributed by atoms with Crippen molar-refractivity contribution in [3.8, 4) is 0 Å². The van der Waals surface area contributed by atoms with Gasteiger partial charge in [-0.15, -0.1) is 0 Å². The van der Waals surface area contributed by atoms with Crippen LogP contribution in [0.2, 0.25) is 0 Å². The summed E-state index contributed by atoms with van der Waals surface area (Å²) < 4.78 is 0. The molecule has 1 rings (SSSR count). The highest BCUT2D eigenvalue weighted by molar-refractivity contribution is 5.80. The van der Waals surface area contributed by atoms with E-state index in [-0.39, 0.29) is 5.91 Å². The Balaban J connectivity index is 2.18. The second-order valence-electron chi connectivity index (χ2n) is 6.60. The first kappa shape index (κ1) is 19.8. The standard InChI is InChI=1S/C18H36N4O/c1-4-6-7-8-10-15(3)21-18(19-5-2)20-14-9-11-17(23)22-16-12-13-16/h15-16H,4-14H2,1-3H3,(H,22,23)(H2,19,20,21). The number of nitrogens with one attached hydrogen (secondary N) is 3. The fraction of sp³-hybridized carbons (Fsp3) is 0.889. The van der Waals surface area contributed by atoms with Crippen molar-refractivity contribution >= 4 is 11.9 Å². The van der Waals surface area contributed by atoms with Crippen molar-refractivity contribution in [2.24, 2.45) is 4.99 Å². The Morgan fingerprint density at radius 2 is 1.96 bits per heavy atom. The zero-order valence-electron chi connectivity index (χ0n) is 15.3. The summed E-state index contributed by atoms with van der Waals surface area (Å²) in [5.74, 6) is 1.04. The largest absolute Gasteiger partial charge is 0.357 e. The predicted octanol–water partition coefficient (Wildman–Crippen LogP) is 2.96. The second kappa shape index (κ2) is 12.2. The zero-order chi connectivity index (χ0) is 16.9. The normalized spacial score (nSPS) is 16.0. The first-order valence-corrected chi connectivity index (χ1v) is 9.49. The molecule has 5 heteroatoms. The van der Waals surface area contributed by atoms with Crippen LogP contribution in [0.25, 0.3) is 0 Å². The molecule has 1 fully saturated rings. The molecule has 1 aliphatic carbocycles. The van der Waals surface area contributed by atoms with Gasteiger partial charge in [-0.1, -0.05) is 32.6 Å². The van der Waals surface area contributed by atoms with E-state index in [0.29, 0.717) is 25.0 Å². The first-order valence-electron chi connectivity index (χ1n) is 9.49. The summed E-state index contributed by atoms with van der Waals surface area (Å²) in [6.45, 7) is 8.07. The molecule has 5 nitrogen and oxygen atoms in total. The second-order valence-corrected chi connectivity index (χ2v) is 6.60. The Kier molecular flexibility index (Phi) is 10.5. The van der Waals surface area contributed by atoms with Crippen molar-refractivity contribution in [2.45, 2.75) is 90.6 Å². The average Bonchev–Trinajstić information content (AvgIpc) is 3.32. The molecular formula is C18H36N4O. The third-order valence-corrected chi connectivity index (χ3v) is 3.99. The van der Waals surface area contributed by atoms with E-state index in [4.69, 9.17) is 0 Å². The molecule has 1 atom stereocenters. The van der Waals surface area contributed by atoms with E-state index in [9.17, 15) is 4.79 Å². The summed E-state index contributed by atoms with van der Waals surface area (Å²) in [6, 6.07) is 0.890. The number of hydrogen-bond donors (Lipinski definition) is 3. The van der Waals surface area contributed by atoms with Crippen LogP contribution >= 0.6 is 0 Å². The summed E-state index contributed by atoms with van der Waals surface area (Å²) >= 11 is 0. The topological polar surface area (TPSA) is 65.5 Å². The molecule has 0 aromatic carbocycles. The van der Waals surface area contributed by atoms with Gasteiger partial charge in [0.15, 0.2) is 5.96 Å². The number of hydrogen-bond acceptors (Lipinski definition) is 2. The minimum atomic E-state index is 0.171. The SMILES string of the molecule is CCCCCCC(C)NC(=NCCCC(=O)NC1CC1)NCC. The fourth-order valence-electron chi connectivity index (χ4n) is 2.46. The molecule has 3 N–H and O–H groups in total. The Labute approximate surface area is 142 Å². The monoisotopic (exact) mass is 324 g/mol.